The van der Waals surface area contributed by atoms with E-state index >= 15 is 0 Å². The summed E-state index contributed by atoms with van der Waals surface area (Å²) in [6.45, 7) is 1.29. The number of guanidine groups is 2. The average Bonchev–Trinajstić information content (AvgIpc) is 3.77. The van der Waals surface area contributed by atoms with Crippen LogP contribution >= 0.6 is 0 Å². The first-order valence-electron chi connectivity index (χ1n) is 25.0. The van der Waals surface area contributed by atoms with Crippen LogP contribution in [-0.4, -0.2) is 131 Å². The summed E-state index contributed by atoms with van der Waals surface area (Å²) in [5, 5.41) is 26.8. The van der Waals surface area contributed by atoms with Crippen LogP contribution in [0.4, 0.5) is 0 Å². The van der Waals surface area contributed by atoms with Crippen LogP contribution in [0, 0.1) is 11.8 Å². The Bertz CT molecular complexity index is 2520. The van der Waals surface area contributed by atoms with Crippen LogP contribution in [0.3, 0.4) is 0 Å². The molecule has 1 aliphatic heterocycles. The Morgan fingerprint density at radius 3 is 2.09 bits per heavy atom. The number of aliphatic imine (C=N–C) groups is 2. The van der Waals surface area contributed by atoms with Gasteiger partial charge in [0.1, 0.15) is 35.7 Å². The molecule has 0 bridgehead atoms. The lowest BCUT2D eigenvalue weighted by molar-refractivity contribution is -0.135. The summed E-state index contributed by atoms with van der Waals surface area (Å²) in [6, 6.07) is 6.64. The Morgan fingerprint density at radius 1 is 0.760 bits per heavy atom. The Labute approximate surface area is 434 Å². The summed E-state index contributed by atoms with van der Waals surface area (Å²) < 4.78 is 0. The number of hydrogen-bond donors (Lipinski definition) is 14. The van der Waals surface area contributed by atoms with E-state index in [4.69, 9.17) is 34.4 Å². The third-order valence-corrected chi connectivity index (χ3v) is 12.6. The zero-order valence-corrected chi connectivity index (χ0v) is 42.2. The Kier molecular flexibility index (Phi) is 23.9. The molecule has 25 nitrogen and oxygen atoms in total. The lowest BCUT2D eigenvalue weighted by atomic mass is 9.83. The molecule has 1 fully saturated rings. The van der Waals surface area contributed by atoms with Gasteiger partial charge < -0.3 is 76.4 Å². The number of aromatic amines is 1. The van der Waals surface area contributed by atoms with Gasteiger partial charge in [-0.15, -0.1) is 0 Å². The van der Waals surface area contributed by atoms with E-state index < -0.39 is 101 Å². The Morgan fingerprint density at radius 2 is 1.43 bits per heavy atom. The van der Waals surface area contributed by atoms with E-state index in [0.29, 0.717) is 11.1 Å². The molecule has 408 valence electrons. The summed E-state index contributed by atoms with van der Waals surface area (Å²) >= 11 is 0. The highest BCUT2D eigenvalue weighted by Gasteiger charge is 2.35. The number of aromatic nitrogens is 1. The summed E-state index contributed by atoms with van der Waals surface area (Å²) in [5.74, 6) is -8.81. The lowest BCUT2D eigenvalue weighted by Crippen LogP contribution is -2.58. The van der Waals surface area contributed by atoms with Crippen molar-refractivity contribution in [3.63, 3.8) is 0 Å². The minimum Gasteiger partial charge on any atom is -0.508 e. The summed E-state index contributed by atoms with van der Waals surface area (Å²) in [7, 11) is 0. The van der Waals surface area contributed by atoms with Gasteiger partial charge >= 0.3 is 0 Å². The van der Waals surface area contributed by atoms with Crippen LogP contribution in [0.5, 0.6) is 5.75 Å². The number of carbonyl (C=O) groups is 9. The molecule has 1 saturated heterocycles. The Hall–Kier alpha value is -8.09. The zero-order chi connectivity index (χ0) is 55.0. The number of benzene rings is 2. The van der Waals surface area contributed by atoms with Crippen molar-refractivity contribution >= 4 is 75.7 Å². The SMILES string of the molecule is CC(=O)N[C@@H](CCCN=C(N)N)C(=O)N[C@H]1CCC(=O)NCCC[C@@H](C(N)=O)NC(=O)[C@H](Cc2c[nH]c3ccccc23)CC(=O)[C@H](CCCN=C(N)N)CC(=O)[C@@H](Cc2ccc(O)cc2)NC(=O)[C@H](CCN)NC1=O. The van der Waals surface area contributed by atoms with Crippen LogP contribution < -0.4 is 66.3 Å². The number of Topliss-reactive ketones (excluding diaryl/α,β-unsaturated/α-hetero) is 2. The van der Waals surface area contributed by atoms with E-state index in [0.717, 1.165) is 10.9 Å². The maximum absolute atomic E-state index is 14.7. The van der Waals surface area contributed by atoms with Crippen LogP contribution in [-0.2, 0) is 56.0 Å². The van der Waals surface area contributed by atoms with Crippen molar-refractivity contribution < 1.29 is 48.3 Å². The predicted octanol–water partition coefficient (Wildman–Crippen LogP) is -2.12. The number of hydrogen-bond acceptors (Lipinski definition) is 13. The number of rotatable bonds is 18. The summed E-state index contributed by atoms with van der Waals surface area (Å²) in [6.07, 6.45) is 0.766. The number of nitrogens with zero attached hydrogens (tertiary/aromatic N) is 2. The molecule has 0 aliphatic carbocycles. The van der Waals surface area contributed by atoms with Crippen molar-refractivity contribution in [2.75, 3.05) is 26.2 Å². The molecule has 2 aromatic carbocycles. The highest BCUT2D eigenvalue weighted by Crippen LogP contribution is 2.26. The van der Waals surface area contributed by atoms with Crippen LogP contribution in [0.25, 0.3) is 10.9 Å². The fourth-order valence-corrected chi connectivity index (χ4v) is 8.67. The molecule has 75 heavy (non-hydrogen) atoms. The first-order chi connectivity index (χ1) is 35.7. The molecule has 0 saturated carbocycles. The standard InChI is InChI=1S/C50H73N15O10/c1-28(66)61-37(11-6-22-59-50(55)56)46(73)63-38-16-17-43(70)57-20-5-10-36(44(52)71)62-45(72)31(24-32-27-60-35-9-3-2-8-34(32)35)26-41(68)30(7-4-21-58-49(53)54)25-42(69)40(23-29-12-14-33(67)15-13-29)65-48(75)39(18-19-51)64-47(38)74/h2-3,8-9,12-15,27,30-31,36-40,60,67H,4-7,10-11,16-26,51H2,1H3,(H2,52,71)(H,57,70)(H,61,66)(H,62,72)(H,63,73)(H,64,74)(H,65,75)(H4,53,54,58)(H4,55,56,59)/t30-,31-,36+,37+,38+,39+,40-/m1/s1. The van der Waals surface area contributed by atoms with Gasteiger partial charge in [0.05, 0.1) is 6.04 Å². The molecule has 3 aromatic rings. The smallest absolute Gasteiger partial charge is 0.243 e. The van der Waals surface area contributed by atoms with Crippen molar-refractivity contribution in [3.8, 4) is 5.75 Å². The fraction of sp³-hybridized carbons (Fsp3) is 0.500. The minimum absolute atomic E-state index is 0.00101. The number of para-hydroxylation sites is 1. The van der Waals surface area contributed by atoms with Gasteiger partial charge in [-0.2, -0.15) is 0 Å². The van der Waals surface area contributed by atoms with E-state index in [1.807, 2.05) is 24.3 Å². The molecular formula is C50H73N15O10. The van der Waals surface area contributed by atoms with Gasteiger partial charge in [0.2, 0.25) is 41.4 Å². The number of phenols is 1. The van der Waals surface area contributed by atoms with E-state index in [2.05, 4.69) is 46.9 Å². The largest absolute Gasteiger partial charge is 0.508 e. The van der Waals surface area contributed by atoms with Gasteiger partial charge in [0, 0.05) is 74.8 Å². The fourth-order valence-electron chi connectivity index (χ4n) is 8.67. The number of ketones is 2. The molecule has 0 unspecified atom stereocenters. The van der Waals surface area contributed by atoms with Gasteiger partial charge in [-0.3, -0.25) is 53.1 Å². The van der Waals surface area contributed by atoms with Crippen molar-refractivity contribution in [1.29, 1.82) is 0 Å². The summed E-state index contributed by atoms with van der Waals surface area (Å²) in [5.41, 5.74) is 35.8. The number of fused-ring (bicyclic) bond motifs is 1. The number of nitrogens with two attached hydrogens (primary N) is 6. The third kappa shape index (κ3) is 20.4. The average molecular weight is 1040 g/mol. The first kappa shape index (κ1) is 59.5. The van der Waals surface area contributed by atoms with Crippen molar-refractivity contribution in [3.05, 3.63) is 65.9 Å². The Balaban J connectivity index is 1.77. The number of H-pyrrole nitrogens is 1. The van der Waals surface area contributed by atoms with E-state index in [1.54, 1.807) is 18.3 Å². The molecule has 0 spiro atoms. The molecule has 1 aliphatic rings. The second-order valence-electron chi connectivity index (χ2n) is 18.6. The van der Waals surface area contributed by atoms with Crippen LogP contribution in [0.1, 0.15) is 88.7 Å². The summed E-state index contributed by atoms with van der Waals surface area (Å²) in [4.78, 5) is 136. The predicted molar refractivity (Wildman–Crippen MR) is 280 cm³/mol. The van der Waals surface area contributed by atoms with Crippen molar-refractivity contribution in [2.45, 2.75) is 121 Å². The molecule has 20 N–H and O–H groups in total. The zero-order valence-electron chi connectivity index (χ0n) is 42.2. The number of amides is 7. The van der Waals surface area contributed by atoms with Gasteiger partial charge in [-0.1, -0.05) is 30.3 Å². The van der Waals surface area contributed by atoms with E-state index in [1.165, 1.54) is 19.1 Å². The third-order valence-electron chi connectivity index (χ3n) is 12.6. The number of aromatic hydroxyl groups is 1. The molecule has 4 rings (SSSR count). The second-order valence-corrected chi connectivity index (χ2v) is 18.6. The number of phenolic OH excluding ortho intramolecular Hbond substituents is 1. The molecule has 1 aromatic heterocycles. The number of nitrogens with one attached hydrogen (secondary N) is 7. The highest BCUT2D eigenvalue weighted by molar-refractivity contribution is 5.98. The first-order valence-corrected chi connectivity index (χ1v) is 25.0. The molecular weight excluding hydrogens is 971 g/mol. The van der Waals surface area contributed by atoms with Gasteiger partial charge in [0.25, 0.3) is 0 Å². The van der Waals surface area contributed by atoms with Crippen LogP contribution in [0.2, 0.25) is 0 Å². The second kappa shape index (κ2) is 30.2. The number of carbonyl (C=O) groups excluding carboxylic acids is 9. The van der Waals surface area contributed by atoms with Gasteiger partial charge in [-0.25, -0.2) is 0 Å². The van der Waals surface area contributed by atoms with Gasteiger partial charge in [-0.05, 0) is 100 Å². The van der Waals surface area contributed by atoms with E-state index in [-0.39, 0.29) is 121 Å². The van der Waals surface area contributed by atoms with Crippen molar-refractivity contribution in [2.24, 2.45) is 56.2 Å². The normalized spacial score (nSPS) is 21.3. The monoisotopic (exact) mass is 1040 g/mol. The van der Waals surface area contributed by atoms with Gasteiger partial charge in [0.15, 0.2) is 17.7 Å². The van der Waals surface area contributed by atoms with Crippen LogP contribution in [0.15, 0.2) is 64.7 Å². The topological polar surface area (TPSA) is 443 Å². The molecule has 2 heterocycles. The lowest BCUT2D eigenvalue weighted by Gasteiger charge is -2.27. The molecule has 7 atom stereocenters. The molecule has 7 amide bonds. The van der Waals surface area contributed by atoms with E-state index in [9.17, 15) is 48.3 Å². The maximum atomic E-state index is 14.7. The molecule has 0 radical (unpaired) electrons. The number of primary amides is 1. The molecule has 25 heteroatoms. The highest BCUT2D eigenvalue weighted by atomic mass is 16.3. The van der Waals surface area contributed by atoms with Crippen molar-refractivity contribution in [1.82, 2.24) is 36.9 Å². The quantitative estimate of drug-likeness (QED) is 0.0368. The minimum atomic E-state index is -1.47. The maximum Gasteiger partial charge on any atom is 0.243 e.